The van der Waals surface area contributed by atoms with E-state index in [1.807, 2.05) is 12.1 Å². The molecule has 14 heteroatoms. The summed E-state index contributed by atoms with van der Waals surface area (Å²) >= 11 is 3.58. The van der Waals surface area contributed by atoms with Gasteiger partial charge in [-0.1, -0.05) is 94.8 Å². The summed E-state index contributed by atoms with van der Waals surface area (Å²) in [5, 5.41) is 13.3. The van der Waals surface area contributed by atoms with Crippen LogP contribution < -0.4 is 25.7 Å². The van der Waals surface area contributed by atoms with Crippen LogP contribution in [-0.4, -0.2) is 74.1 Å². The van der Waals surface area contributed by atoms with Crippen molar-refractivity contribution in [2.75, 3.05) is 38.6 Å². The van der Waals surface area contributed by atoms with Crippen LogP contribution in [0.4, 0.5) is 16.6 Å². The number of amides is 1. The lowest BCUT2D eigenvalue weighted by atomic mass is 10.1. The zero-order valence-corrected chi connectivity index (χ0v) is 33.8. The number of esters is 1. The highest BCUT2D eigenvalue weighted by atomic mass is 79.9. The first-order chi connectivity index (χ1) is 25.4. The van der Waals surface area contributed by atoms with Crippen molar-refractivity contribution in [3.63, 3.8) is 0 Å². The van der Waals surface area contributed by atoms with E-state index in [2.05, 4.69) is 108 Å². The van der Waals surface area contributed by atoms with Gasteiger partial charge in [-0.2, -0.15) is 10.1 Å². The minimum absolute atomic E-state index is 0.0520. The molecule has 0 aliphatic heterocycles. The molecule has 2 N–H and O–H groups in total. The van der Waals surface area contributed by atoms with Crippen LogP contribution in [0.1, 0.15) is 62.9 Å². The van der Waals surface area contributed by atoms with E-state index in [0.717, 1.165) is 12.8 Å². The number of aromatic nitrogens is 4. The van der Waals surface area contributed by atoms with Gasteiger partial charge in [-0.3, -0.25) is 10.00 Å². The summed E-state index contributed by atoms with van der Waals surface area (Å²) in [6.45, 7) is 9.65. The second-order valence-electron chi connectivity index (χ2n) is 13.6. The Morgan fingerprint density at radius 3 is 2.13 bits per heavy atom. The molecule has 0 fully saturated rings. The minimum Gasteiger partial charge on any atom is -0.496 e. The summed E-state index contributed by atoms with van der Waals surface area (Å²) in [6.07, 6.45) is 1.69. The SMILES string of the molecule is CCCC(CCO[Si](c1ccccc1)(c1ccccc1)C(C)(C)C)Nc1nc(NC(=O)OC)nc2c(Br)nn(Cc3cc(C(=O)OC)ccc3OC)c12. The Morgan fingerprint density at radius 1 is 0.906 bits per heavy atom. The average Bonchev–Trinajstić information content (AvgIpc) is 3.47. The molecule has 0 radical (unpaired) electrons. The molecule has 2 aromatic heterocycles. The van der Waals surface area contributed by atoms with Gasteiger partial charge in [0.05, 0.1) is 33.4 Å². The van der Waals surface area contributed by atoms with Crippen LogP contribution in [0, 0.1) is 0 Å². The van der Waals surface area contributed by atoms with E-state index in [9.17, 15) is 9.59 Å². The first-order valence-corrected chi connectivity index (χ1v) is 20.2. The molecule has 0 aliphatic carbocycles. The first kappa shape index (κ1) is 39.4. The first-order valence-electron chi connectivity index (χ1n) is 17.5. The van der Waals surface area contributed by atoms with Crippen molar-refractivity contribution in [3.05, 3.63) is 94.6 Å². The highest BCUT2D eigenvalue weighted by Crippen LogP contribution is 2.37. The average molecular weight is 804 g/mol. The van der Waals surface area contributed by atoms with Crippen LogP contribution in [0.2, 0.25) is 5.04 Å². The number of anilines is 2. The normalized spacial score (nSPS) is 12.3. The zero-order valence-electron chi connectivity index (χ0n) is 31.2. The topological polar surface area (TPSA) is 139 Å². The van der Waals surface area contributed by atoms with Gasteiger partial charge in [-0.25, -0.2) is 14.6 Å². The molecular formula is C39H47BrN6O6Si. The number of hydrogen-bond donors (Lipinski definition) is 2. The standard InChI is InChI=1S/C39H47BrN6O6Si/c1-8-15-28(22-23-52-53(39(2,3)4,29-16-11-9-12-17-29)30-18-13-10-14-19-30)41-35-33-32(42-37(43-35)44-38(48)51-7)34(40)45-46(33)25-27-24-26(36(47)50-6)20-21-31(27)49-5/h9-14,16-21,24,28H,8,15,22-23,25H2,1-7H3,(H2,41,42,43,44,48). The predicted octanol–water partition coefficient (Wildman–Crippen LogP) is 7.16. The molecule has 5 aromatic rings. The fraction of sp³-hybridized carbons (Fsp3) is 0.359. The maximum atomic E-state index is 12.4. The molecule has 2 heterocycles. The second kappa shape index (κ2) is 17.4. The van der Waals surface area contributed by atoms with Crippen LogP contribution >= 0.6 is 15.9 Å². The number of carbonyl (C=O) groups excluding carboxylic acids is 2. The van der Waals surface area contributed by atoms with Gasteiger partial charge in [-0.15, -0.1) is 0 Å². The Bertz CT molecular complexity index is 1980. The van der Waals surface area contributed by atoms with Crippen molar-refractivity contribution in [3.8, 4) is 5.75 Å². The molecular weight excluding hydrogens is 756 g/mol. The molecule has 0 saturated heterocycles. The third-order valence-corrected chi connectivity index (χ3v) is 14.7. The smallest absolute Gasteiger partial charge is 0.413 e. The lowest BCUT2D eigenvalue weighted by Gasteiger charge is -2.43. The quantitative estimate of drug-likeness (QED) is 0.0829. The van der Waals surface area contributed by atoms with E-state index in [0.29, 0.717) is 51.4 Å². The van der Waals surface area contributed by atoms with Crippen molar-refractivity contribution in [2.45, 2.75) is 64.6 Å². The van der Waals surface area contributed by atoms with Crippen molar-refractivity contribution in [1.82, 2.24) is 19.7 Å². The van der Waals surface area contributed by atoms with Crippen molar-refractivity contribution in [1.29, 1.82) is 0 Å². The van der Waals surface area contributed by atoms with Crippen molar-refractivity contribution in [2.24, 2.45) is 0 Å². The fourth-order valence-electron chi connectivity index (χ4n) is 6.71. The van der Waals surface area contributed by atoms with Crippen molar-refractivity contribution < 1.29 is 28.2 Å². The van der Waals surface area contributed by atoms with Crippen LogP contribution in [0.15, 0.2) is 83.5 Å². The maximum Gasteiger partial charge on any atom is 0.413 e. The number of rotatable bonds is 15. The Morgan fingerprint density at radius 2 is 1.57 bits per heavy atom. The molecule has 1 amide bonds. The second-order valence-corrected chi connectivity index (χ2v) is 18.7. The van der Waals surface area contributed by atoms with Crippen LogP contribution in [-0.2, 0) is 20.4 Å². The number of ether oxygens (including phenoxy) is 3. The van der Waals surface area contributed by atoms with Gasteiger partial charge < -0.3 is 24.0 Å². The molecule has 3 aromatic carbocycles. The minimum atomic E-state index is -2.76. The van der Waals surface area contributed by atoms with Gasteiger partial charge in [0.25, 0.3) is 8.32 Å². The molecule has 53 heavy (non-hydrogen) atoms. The van der Waals surface area contributed by atoms with E-state index in [1.54, 1.807) is 30.0 Å². The Kier molecular flexibility index (Phi) is 12.9. The van der Waals surface area contributed by atoms with Gasteiger partial charge in [0.2, 0.25) is 5.95 Å². The Labute approximate surface area is 319 Å². The number of nitrogens with zero attached hydrogens (tertiary/aromatic N) is 4. The summed E-state index contributed by atoms with van der Waals surface area (Å²) < 4.78 is 24.9. The zero-order chi connectivity index (χ0) is 38.2. The molecule has 12 nitrogen and oxygen atoms in total. The molecule has 0 spiro atoms. The molecule has 280 valence electrons. The summed E-state index contributed by atoms with van der Waals surface area (Å²) in [5.41, 5.74) is 2.13. The Hall–Kier alpha value is -4.79. The molecule has 5 rings (SSSR count). The number of carbonyl (C=O) groups is 2. The summed E-state index contributed by atoms with van der Waals surface area (Å²) in [7, 11) is 1.43. The maximum absolute atomic E-state index is 12.4. The predicted molar refractivity (Wildman–Crippen MR) is 213 cm³/mol. The van der Waals surface area contributed by atoms with Gasteiger partial charge >= 0.3 is 12.1 Å². The van der Waals surface area contributed by atoms with Gasteiger partial charge in [-0.05, 0) is 62.4 Å². The summed E-state index contributed by atoms with van der Waals surface area (Å²) in [5.74, 6) is 0.622. The van der Waals surface area contributed by atoms with E-state index >= 15 is 0 Å². The fourth-order valence-corrected chi connectivity index (χ4v) is 11.8. The lowest BCUT2D eigenvalue weighted by molar-refractivity contribution is 0.0600. The molecule has 1 unspecified atom stereocenters. The lowest BCUT2D eigenvalue weighted by Crippen LogP contribution is -2.66. The number of benzene rings is 3. The monoisotopic (exact) mass is 802 g/mol. The number of fused-ring (bicyclic) bond motifs is 1. The van der Waals surface area contributed by atoms with E-state index < -0.39 is 20.4 Å². The number of nitrogens with one attached hydrogen (secondary N) is 2. The number of hydrogen-bond acceptors (Lipinski definition) is 10. The summed E-state index contributed by atoms with van der Waals surface area (Å²) in [6, 6.07) is 26.2. The summed E-state index contributed by atoms with van der Waals surface area (Å²) in [4.78, 5) is 34.1. The van der Waals surface area contributed by atoms with E-state index in [4.69, 9.17) is 28.7 Å². The van der Waals surface area contributed by atoms with Gasteiger partial charge in [0.1, 0.15) is 16.8 Å². The van der Waals surface area contributed by atoms with Gasteiger partial charge in [0, 0.05) is 18.2 Å². The number of halogens is 1. The largest absolute Gasteiger partial charge is 0.496 e. The van der Waals surface area contributed by atoms with Crippen LogP contribution in [0.25, 0.3) is 11.0 Å². The third-order valence-electron chi connectivity index (χ3n) is 9.15. The van der Waals surface area contributed by atoms with Crippen LogP contribution in [0.3, 0.4) is 0 Å². The molecule has 0 saturated carbocycles. The Balaban J connectivity index is 1.53. The van der Waals surface area contributed by atoms with E-state index in [1.165, 1.54) is 24.6 Å². The number of methoxy groups -OCH3 is 3. The third kappa shape index (κ3) is 8.72. The van der Waals surface area contributed by atoms with E-state index in [-0.39, 0.29) is 23.6 Å². The highest BCUT2D eigenvalue weighted by Gasteiger charge is 2.50. The van der Waals surface area contributed by atoms with Crippen LogP contribution in [0.5, 0.6) is 5.75 Å². The molecule has 1 atom stereocenters. The van der Waals surface area contributed by atoms with Crippen molar-refractivity contribution >= 4 is 69.5 Å². The molecule has 0 aliphatic rings. The highest BCUT2D eigenvalue weighted by molar-refractivity contribution is 9.10. The molecule has 0 bridgehead atoms. The van der Waals surface area contributed by atoms with Gasteiger partial charge in [0.15, 0.2) is 10.4 Å².